The highest BCUT2D eigenvalue weighted by Gasteiger charge is 2.24. The first kappa shape index (κ1) is 13.8. The molecule has 0 radical (unpaired) electrons. The molecule has 1 aromatic carbocycles. The van der Waals surface area contributed by atoms with Crippen molar-refractivity contribution >= 4 is 11.6 Å². The molecule has 0 aromatic heterocycles. The predicted octanol–water partition coefficient (Wildman–Crippen LogP) is 2.18. The molecular formula is C11H10F2N2O3. The molecule has 0 spiro atoms. The molecule has 1 unspecified atom stereocenters. The van der Waals surface area contributed by atoms with Gasteiger partial charge in [0.2, 0.25) is 0 Å². The summed E-state index contributed by atoms with van der Waals surface area (Å²) < 4.78 is 25.9. The fraction of sp³-hybridized carbons (Fsp3) is 0.182. The first-order valence-corrected chi connectivity index (χ1v) is 4.93. The molecule has 0 heterocycles. The molecule has 1 rings (SSSR count). The third-order valence-electron chi connectivity index (χ3n) is 2.19. The maximum atomic E-state index is 13.0. The second kappa shape index (κ2) is 5.35. The van der Waals surface area contributed by atoms with Gasteiger partial charge in [-0.05, 0) is 13.0 Å². The molecule has 5 nitrogen and oxygen atoms in total. The van der Waals surface area contributed by atoms with Crippen LogP contribution in [0.3, 0.4) is 0 Å². The van der Waals surface area contributed by atoms with E-state index in [-0.39, 0.29) is 0 Å². The molecule has 1 amide bonds. The summed E-state index contributed by atoms with van der Waals surface area (Å²) >= 11 is 0. The molecule has 0 bridgehead atoms. The van der Waals surface area contributed by atoms with Gasteiger partial charge in [0, 0.05) is 6.04 Å². The second-order valence-corrected chi connectivity index (χ2v) is 3.54. The van der Waals surface area contributed by atoms with Crippen molar-refractivity contribution in [1.82, 2.24) is 5.32 Å². The lowest BCUT2D eigenvalue weighted by Gasteiger charge is -2.09. The number of rotatable bonds is 4. The van der Waals surface area contributed by atoms with Crippen molar-refractivity contribution in [3.63, 3.8) is 0 Å². The van der Waals surface area contributed by atoms with E-state index in [0.29, 0.717) is 12.1 Å². The van der Waals surface area contributed by atoms with Crippen LogP contribution in [-0.4, -0.2) is 16.9 Å². The lowest BCUT2D eigenvalue weighted by atomic mass is 10.1. The summed E-state index contributed by atoms with van der Waals surface area (Å²) in [6.45, 7) is 4.99. The van der Waals surface area contributed by atoms with E-state index in [0.717, 1.165) is 0 Å². The zero-order chi connectivity index (χ0) is 13.9. The second-order valence-electron chi connectivity index (χ2n) is 3.54. The van der Waals surface area contributed by atoms with Gasteiger partial charge >= 0.3 is 0 Å². The van der Waals surface area contributed by atoms with Gasteiger partial charge < -0.3 is 5.32 Å². The molecule has 0 aliphatic heterocycles. The lowest BCUT2D eigenvalue weighted by molar-refractivity contribution is -0.385. The van der Waals surface area contributed by atoms with Crippen molar-refractivity contribution in [1.29, 1.82) is 0 Å². The molecule has 1 aromatic rings. The maximum Gasteiger partial charge on any atom is 0.285 e. The standard InChI is InChI=1S/C11H10F2N2O3/c1-3-6(2)14-11(16)7-4-8(12)9(13)5-10(7)15(17)18/h3-6H,1H2,2H3,(H,14,16). The molecule has 0 saturated carbocycles. The Kier molecular flexibility index (Phi) is 4.09. The monoisotopic (exact) mass is 256 g/mol. The number of nitrogens with zero attached hydrogens (tertiary/aromatic N) is 1. The number of nitro groups is 1. The van der Waals surface area contributed by atoms with Gasteiger partial charge in [-0.25, -0.2) is 8.78 Å². The smallest absolute Gasteiger partial charge is 0.285 e. The molecule has 0 saturated heterocycles. The normalized spacial score (nSPS) is 11.7. The zero-order valence-electron chi connectivity index (χ0n) is 9.44. The van der Waals surface area contributed by atoms with Crippen molar-refractivity contribution in [2.75, 3.05) is 0 Å². The Morgan fingerprint density at radius 1 is 1.50 bits per heavy atom. The first-order chi connectivity index (χ1) is 8.36. The minimum absolute atomic E-state index is 0.378. The molecule has 0 aliphatic carbocycles. The molecule has 96 valence electrons. The van der Waals surface area contributed by atoms with Crippen molar-refractivity contribution in [3.8, 4) is 0 Å². The summed E-state index contributed by atoms with van der Waals surface area (Å²) in [6.07, 6.45) is 1.39. The SMILES string of the molecule is C=CC(C)NC(=O)c1cc(F)c(F)cc1[N+](=O)[O-]. The average molecular weight is 256 g/mol. The van der Waals surface area contributed by atoms with Crippen LogP contribution in [0, 0.1) is 21.7 Å². The van der Waals surface area contributed by atoms with E-state index in [9.17, 15) is 23.7 Å². The molecule has 1 atom stereocenters. The van der Waals surface area contributed by atoms with Crippen molar-refractivity contribution in [2.24, 2.45) is 0 Å². The fourth-order valence-corrected chi connectivity index (χ4v) is 1.21. The summed E-state index contributed by atoms with van der Waals surface area (Å²) in [5, 5.41) is 13.0. The minimum atomic E-state index is -1.38. The van der Waals surface area contributed by atoms with Crippen molar-refractivity contribution in [2.45, 2.75) is 13.0 Å². The topological polar surface area (TPSA) is 72.2 Å². The molecule has 7 heteroatoms. The summed E-state index contributed by atoms with van der Waals surface area (Å²) in [5.74, 6) is -3.57. The van der Waals surface area contributed by atoms with Crippen molar-refractivity contribution in [3.05, 3.63) is 52.1 Å². The van der Waals surface area contributed by atoms with Crippen LogP contribution < -0.4 is 5.32 Å². The van der Waals surface area contributed by atoms with Crippen LogP contribution in [0.15, 0.2) is 24.8 Å². The van der Waals surface area contributed by atoms with Gasteiger partial charge in [0.15, 0.2) is 11.6 Å². The van der Waals surface area contributed by atoms with E-state index in [1.54, 1.807) is 6.92 Å². The quantitative estimate of drug-likeness (QED) is 0.509. The first-order valence-electron chi connectivity index (χ1n) is 4.93. The number of hydrogen-bond acceptors (Lipinski definition) is 3. The van der Waals surface area contributed by atoms with Gasteiger partial charge in [-0.1, -0.05) is 6.08 Å². The summed E-state index contributed by atoms with van der Waals surface area (Å²) in [7, 11) is 0. The number of hydrogen-bond donors (Lipinski definition) is 1. The highest BCUT2D eigenvalue weighted by atomic mass is 19.2. The van der Waals surface area contributed by atoms with Gasteiger partial charge in [0.1, 0.15) is 5.56 Å². The van der Waals surface area contributed by atoms with Crippen LogP contribution in [0.5, 0.6) is 0 Å². The summed E-state index contributed by atoms with van der Waals surface area (Å²) in [4.78, 5) is 21.4. The zero-order valence-corrected chi connectivity index (χ0v) is 9.44. The van der Waals surface area contributed by atoms with E-state index in [4.69, 9.17) is 0 Å². The van der Waals surface area contributed by atoms with E-state index >= 15 is 0 Å². The number of halogens is 2. The highest BCUT2D eigenvalue weighted by molar-refractivity contribution is 5.98. The van der Waals surface area contributed by atoms with Gasteiger partial charge in [0.05, 0.1) is 11.0 Å². The van der Waals surface area contributed by atoms with Crippen LogP contribution in [0.2, 0.25) is 0 Å². The van der Waals surface area contributed by atoms with Crippen LogP contribution in [-0.2, 0) is 0 Å². The van der Waals surface area contributed by atoms with Gasteiger partial charge in [-0.3, -0.25) is 14.9 Å². The Labute approximate surface area is 101 Å². The Morgan fingerprint density at radius 2 is 2.06 bits per heavy atom. The number of nitrogens with one attached hydrogen (secondary N) is 1. The summed E-state index contributed by atoms with van der Waals surface area (Å²) in [5.41, 5.74) is -1.32. The molecule has 1 N–H and O–H groups in total. The Bertz CT molecular complexity index is 517. The van der Waals surface area contributed by atoms with Crippen LogP contribution >= 0.6 is 0 Å². The molecule has 0 aliphatic rings. The number of amides is 1. The fourth-order valence-electron chi connectivity index (χ4n) is 1.21. The molecular weight excluding hydrogens is 246 g/mol. The maximum absolute atomic E-state index is 13.0. The highest BCUT2D eigenvalue weighted by Crippen LogP contribution is 2.22. The van der Waals surface area contributed by atoms with Crippen LogP contribution in [0.4, 0.5) is 14.5 Å². The van der Waals surface area contributed by atoms with Gasteiger partial charge in [-0.15, -0.1) is 6.58 Å². The Balaban J connectivity index is 3.21. The largest absolute Gasteiger partial charge is 0.346 e. The summed E-state index contributed by atoms with van der Waals surface area (Å²) in [6, 6.07) is 0.423. The van der Waals surface area contributed by atoms with E-state index < -0.39 is 39.8 Å². The molecule has 18 heavy (non-hydrogen) atoms. The lowest BCUT2D eigenvalue weighted by Crippen LogP contribution is -2.31. The third-order valence-corrected chi connectivity index (χ3v) is 2.19. The average Bonchev–Trinajstić information content (AvgIpc) is 2.31. The molecule has 0 fully saturated rings. The Hall–Kier alpha value is -2.31. The van der Waals surface area contributed by atoms with E-state index in [1.807, 2.05) is 0 Å². The van der Waals surface area contributed by atoms with Crippen molar-refractivity contribution < 1.29 is 18.5 Å². The Morgan fingerprint density at radius 3 is 2.56 bits per heavy atom. The van der Waals surface area contributed by atoms with E-state index in [2.05, 4.69) is 11.9 Å². The number of benzene rings is 1. The predicted molar refractivity (Wildman–Crippen MR) is 60.1 cm³/mol. The number of carbonyl (C=O) groups excluding carboxylic acids is 1. The van der Waals surface area contributed by atoms with Gasteiger partial charge in [0.25, 0.3) is 11.6 Å². The number of carbonyl (C=O) groups is 1. The number of nitro benzene ring substituents is 1. The van der Waals surface area contributed by atoms with Crippen LogP contribution in [0.25, 0.3) is 0 Å². The van der Waals surface area contributed by atoms with Crippen LogP contribution in [0.1, 0.15) is 17.3 Å². The minimum Gasteiger partial charge on any atom is -0.346 e. The van der Waals surface area contributed by atoms with Gasteiger partial charge in [-0.2, -0.15) is 0 Å². The van der Waals surface area contributed by atoms with E-state index in [1.165, 1.54) is 6.08 Å². The third kappa shape index (κ3) is 2.88.